The van der Waals surface area contributed by atoms with E-state index in [1.54, 1.807) is 19.1 Å². The lowest BCUT2D eigenvalue weighted by Crippen LogP contribution is -2.44. The van der Waals surface area contributed by atoms with Crippen LogP contribution in [0.4, 0.5) is 0 Å². The summed E-state index contributed by atoms with van der Waals surface area (Å²) in [7, 11) is 0. The number of carboxylic acid groups (broad SMARTS) is 2. The summed E-state index contributed by atoms with van der Waals surface area (Å²) in [5.41, 5.74) is -1.79. The van der Waals surface area contributed by atoms with Gasteiger partial charge in [-0.2, -0.15) is 0 Å². The highest BCUT2D eigenvalue weighted by atomic mass is 16.4. The number of carboxylic acids is 2. The average molecular weight is 196 g/mol. The third-order valence-corrected chi connectivity index (χ3v) is 2.55. The van der Waals surface area contributed by atoms with Crippen LogP contribution in [0.3, 0.4) is 0 Å². The Balaban J connectivity index is 3.20. The van der Waals surface area contributed by atoms with Crippen molar-refractivity contribution in [2.45, 2.75) is 13.3 Å². The molecule has 1 aliphatic rings. The standard InChI is InChI=1S/C10H12O4/c1-2-7-5-3-4-6-10(7,8(11)12)9(13)14/h3-7H,2H2,1H3,(H,11,12)(H,13,14). The molecule has 0 aliphatic heterocycles. The molecule has 0 saturated heterocycles. The summed E-state index contributed by atoms with van der Waals surface area (Å²) < 4.78 is 0. The minimum atomic E-state index is -1.79. The van der Waals surface area contributed by atoms with Crippen molar-refractivity contribution in [3.63, 3.8) is 0 Å². The van der Waals surface area contributed by atoms with Crippen molar-refractivity contribution < 1.29 is 19.8 Å². The van der Waals surface area contributed by atoms with E-state index in [4.69, 9.17) is 10.2 Å². The molecular weight excluding hydrogens is 184 g/mol. The number of aliphatic carboxylic acids is 2. The number of hydrogen-bond donors (Lipinski definition) is 2. The van der Waals surface area contributed by atoms with Gasteiger partial charge in [0.25, 0.3) is 0 Å². The van der Waals surface area contributed by atoms with Gasteiger partial charge in [0.1, 0.15) is 0 Å². The van der Waals surface area contributed by atoms with Gasteiger partial charge in [-0.3, -0.25) is 9.59 Å². The fourth-order valence-electron chi connectivity index (χ4n) is 1.69. The molecule has 0 amide bonds. The lowest BCUT2D eigenvalue weighted by Gasteiger charge is -2.29. The maximum Gasteiger partial charge on any atom is 0.325 e. The second-order valence-electron chi connectivity index (χ2n) is 3.24. The van der Waals surface area contributed by atoms with Crippen LogP contribution in [0.5, 0.6) is 0 Å². The topological polar surface area (TPSA) is 74.6 Å². The highest BCUT2D eigenvalue weighted by molar-refractivity contribution is 6.01. The lowest BCUT2D eigenvalue weighted by molar-refractivity contribution is -0.163. The Morgan fingerprint density at radius 2 is 1.86 bits per heavy atom. The first-order chi connectivity index (χ1) is 6.55. The van der Waals surface area contributed by atoms with Gasteiger partial charge in [0, 0.05) is 5.92 Å². The van der Waals surface area contributed by atoms with Gasteiger partial charge in [0.15, 0.2) is 5.41 Å². The molecule has 4 heteroatoms. The maximum atomic E-state index is 11.0. The molecule has 4 nitrogen and oxygen atoms in total. The van der Waals surface area contributed by atoms with Crippen LogP contribution in [0, 0.1) is 11.3 Å². The Labute approximate surface area is 81.6 Å². The molecule has 2 N–H and O–H groups in total. The monoisotopic (exact) mass is 196 g/mol. The van der Waals surface area contributed by atoms with Crippen molar-refractivity contribution >= 4 is 11.9 Å². The van der Waals surface area contributed by atoms with Gasteiger partial charge >= 0.3 is 11.9 Å². The largest absolute Gasteiger partial charge is 0.480 e. The van der Waals surface area contributed by atoms with E-state index >= 15 is 0 Å². The molecule has 1 unspecified atom stereocenters. The average Bonchev–Trinajstić information content (AvgIpc) is 2.16. The zero-order valence-electron chi connectivity index (χ0n) is 7.80. The Kier molecular flexibility index (Phi) is 2.74. The summed E-state index contributed by atoms with van der Waals surface area (Å²) in [6.07, 6.45) is 6.50. The molecule has 0 aromatic rings. The molecule has 0 saturated carbocycles. The van der Waals surface area contributed by atoms with Crippen LogP contribution in [0.15, 0.2) is 24.3 Å². The van der Waals surface area contributed by atoms with E-state index in [-0.39, 0.29) is 0 Å². The van der Waals surface area contributed by atoms with Crippen LogP contribution in [0.2, 0.25) is 0 Å². The smallest absolute Gasteiger partial charge is 0.325 e. The van der Waals surface area contributed by atoms with Crippen molar-refractivity contribution in [3.8, 4) is 0 Å². The second-order valence-corrected chi connectivity index (χ2v) is 3.24. The quantitative estimate of drug-likeness (QED) is 0.667. The van der Waals surface area contributed by atoms with Crippen molar-refractivity contribution in [2.24, 2.45) is 11.3 Å². The molecule has 1 atom stereocenters. The molecule has 76 valence electrons. The SMILES string of the molecule is CCC1C=CC=CC1(C(=O)O)C(=O)O. The summed E-state index contributed by atoms with van der Waals surface area (Å²) in [5.74, 6) is -3.10. The highest BCUT2D eigenvalue weighted by Gasteiger charge is 2.50. The Morgan fingerprint density at radius 1 is 1.29 bits per heavy atom. The van der Waals surface area contributed by atoms with E-state index in [9.17, 15) is 9.59 Å². The first-order valence-electron chi connectivity index (χ1n) is 4.38. The first-order valence-corrected chi connectivity index (χ1v) is 4.38. The molecule has 0 aromatic heterocycles. The van der Waals surface area contributed by atoms with Crippen molar-refractivity contribution in [1.82, 2.24) is 0 Å². The van der Waals surface area contributed by atoms with Crippen LogP contribution in [-0.2, 0) is 9.59 Å². The van der Waals surface area contributed by atoms with Crippen LogP contribution in [0.25, 0.3) is 0 Å². The van der Waals surface area contributed by atoms with Gasteiger partial charge < -0.3 is 10.2 Å². The van der Waals surface area contributed by atoms with Gasteiger partial charge in [0.2, 0.25) is 0 Å². The summed E-state index contributed by atoms with van der Waals surface area (Å²) in [4.78, 5) is 22.0. The normalized spacial score (nSPS) is 23.4. The zero-order valence-corrected chi connectivity index (χ0v) is 7.80. The van der Waals surface area contributed by atoms with Gasteiger partial charge in [-0.25, -0.2) is 0 Å². The molecule has 1 rings (SSSR count). The van der Waals surface area contributed by atoms with Crippen LogP contribution in [-0.4, -0.2) is 22.2 Å². The predicted octanol–water partition coefficient (Wildman–Crippen LogP) is 1.29. The number of rotatable bonds is 3. The van der Waals surface area contributed by atoms with Crippen molar-refractivity contribution in [3.05, 3.63) is 24.3 Å². The molecule has 0 heterocycles. The van der Waals surface area contributed by atoms with Crippen molar-refractivity contribution in [1.29, 1.82) is 0 Å². The molecular formula is C10H12O4. The highest BCUT2D eigenvalue weighted by Crippen LogP contribution is 2.36. The predicted molar refractivity (Wildman–Crippen MR) is 49.8 cm³/mol. The van der Waals surface area contributed by atoms with Gasteiger partial charge in [-0.1, -0.05) is 31.2 Å². The third kappa shape index (κ3) is 1.32. The summed E-state index contributed by atoms with van der Waals surface area (Å²) >= 11 is 0. The van der Waals surface area contributed by atoms with E-state index in [1.807, 2.05) is 0 Å². The molecule has 0 spiro atoms. The molecule has 1 aliphatic carbocycles. The Hall–Kier alpha value is -1.58. The maximum absolute atomic E-state index is 11.0. The van der Waals surface area contributed by atoms with Crippen LogP contribution >= 0.6 is 0 Å². The van der Waals surface area contributed by atoms with Crippen LogP contribution in [0.1, 0.15) is 13.3 Å². The molecule has 0 fully saturated rings. The molecule has 0 aromatic carbocycles. The van der Waals surface area contributed by atoms with E-state index in [0.717, 1.165) is 0 Å². The fraction of sp³-hybridized carbons (Fsp3) is 0.400. The first kappa shape index (κ1) is 10.5. The minimum absolute atomic E-state index is 0.484. The Morgan fingerprint density at radius 3 is 2.21 bits per heavy atom. The third-order valence-electron chi connectivity index (χ3n) is 2.55. The van der Waals surface area contributed by atoms with Crippen LogP contribution < -0.4 is 0 Å². The number of carbonyl (C=O) groups is 2. The molecule has 14 heavy (non-hydrogen) atoms. The second kappa shape index (κ2) is 3.65. The van der Waals surface area contributed by atoms with Gasteiger partial charge in [-0.05, 0) is 6.42 Å². The summed E-state index contributed by atoms with van der Waals surface area (Å²) in [5, 5.41) is 18.0. The lowest BCUT2D eigenvalue weighted by atomic mass is 9.71. The summed E-state index contributed by atoms with van der Waals surface area (Å²) in [6, 6.07) is 0. The molecule has 0 radical (unpaired) electrons. The van der Waals surface area contributed by atoms with Gasteiger partial charge in [0.05, 0.1) is 0 Å². The van der Waals surface area contributed by atoms with Gasteiger partial charge in [-0.15, -0.1) is 0 Å². The zero-order chi connectivity index (χ0) is 10.8. The molecule has 0 bridgehead atoms. The number of allylic oxidation sites excluding steroid dienone is 3. The van der Waals surface area contributed by atoms with E-state index in [1.165, 1.54) is 12.2 Å². The number of hydrogen-bond acceptors (Lipinski definition) is 2. The Bertz CT molecular complexity index is 300. The van der Waals surface area contributed by atoms with Crippen molar-refractivity contribution in [2.75, 3.05) is 0 Å². The van der Waals surface area contributed by atoms with E-state index in [2.05, 4.69) is 0 Å². The van der Waals surface area contributed by atoms with E-state index < -0.39 is 23.3 Å². The minimum Gasteiger partial charge on any atom is -0.480 e. The fourth-order valence-corrected chi connectivity index (χ4v) is 1.69. The summed E-state index contributed by atoms with van der Waals surface area (Å²) in [6.45, 7) is 1.77. The van der Waals surface area contributed by atoms with E-state index in [0.29, 0.717) is 6.42 Å².